The van der Waals surface area contributed by atoms with Crippen molar-refractivity contribution in [1.29, 1.82) is 0 Å². The van der Waals surface area contributed by atoms with Crippen LogP contribution in [0.2, 0.25) is 0 Å². The highest BCUT2D eigenvalue weighted by Crippen LogP contribution is 2.22. The first-order chi connectivity index (χ1) is 6.81. The second-order valence-corrected chi connectivity index (χ2v) is 3.16. The highest BCUT2D eigenvalue weighted by atomic mass is 16.1. The lowest BCUT2D eigenvalue weighted by Gasteiger charge is -2.19. The van der Waals surface area contributed by atoms with E-state index in [4.69, 9.17) is 0 Å². The number of carbonyl (C=O) groups is 2. The molecule has 0 atom stereocenters. The Morgan fingerprint density at radius 2 is 2.29 bits per heavy atom. The molecule has 0 bridgehead atoms. The van der Waals surface area contributed by atoms with Crippen molar-refractivity contribution in [1.82, 2.24) is 5.32 Å². The van der Waals surface area contributed by atoms with Crippen LogP contribution in [-0.2, 0) is 22.6 Å². The van der Waals surface area contributed by atoms with E-state index in [1.165, 1.54) is 0 Å². The van der Waals surface area contributed by atoms with E-state index in [2.05, 4.69) is 10.6 Å². The predicted octanol–water partition coefficient (Wildman–Crippen LogP) is 0.427. The molecule has 1 heterocycles. The van der Waals surface area contributed by atoms with Gasteiger partial charge in [-0.3, -0.25) is 9.59 Å². The van der Waals surface area contributed by atoms with Gasteiger partial charge in [0.05, 0.1) is 6.42 Å². The molecule has 0 saturated heterocycles. The Labute approximate surface area is 81.3 Å². The Balaban J connectivity index is 2.42. The van der Waals surface area contributed by atoms with Gasteiger partial charge in [-0.2, -0.15) is 0 Å². The zero-order valence-corrected chi connectivity index (χ0v) is 7.54. The van der Waals surface area contributed by atoms with Crippen LogP contribution in [0.3, 0.4) is 0 Å². The Morgan fingerprint density at radius 1 is 1.43 bits per heavy atom. The van der Waals surface area contributed by atoms with Crippen LogP contribution < -0.4 is 10.6 Å². The SMILES string of the molecule is O=CNc1cccc2c1CC(=O)NC2. The summed E-state index contributed by atoms with van der Waals surface area (Å²) in [6.07, 6.45) is 0.967. The third-order valence-electron chi connectivity index (χ3n) is 2.30. The smallest absolute Gasteiger partial charge is 0.224 e. The number of rotatable bonds is 2. The molecule has 2 rings (SSSR count). The molecule has 0 unspecified atom stereocenters. The molecule has 0 radical (unpaired) electrons. The molecule has 0 aliphatic carbocycles. The molecule has 1 aliphatic heterocycles. The van der Waals surface area contributed by atoms with Crippen LogP contribution in [0.4, 0.5) is 5.69 Å². The fourth-order valence-electron chi connectivity index (χ4n) is 1.62. The fourth-order valence-corrected chi connectivity index (χ4v) is 1.62. The molecule has 1 aliphatic rings. The number of hydrogen-bond acceptors (Lipinski definition) is 2. The third-order valence-corrected chi connectivity index (χ3v) is 2.30. The number of amides is 2. The van der Waals surface area contributed by atoms with E-state index in [1.54, 1.807) is 6.07 Å². The molecular formula is C10H10N2O2. The van der Waals surface area contributed by atoms with Gasteiger partial charge in [-0.15, -0.1) is 0 Å². The van der Waals surface area contributed by atoms with Gasteiger partial charge in [-0.25, -0.2) is 0 Å². The van der Waals surface area contributed by atoms with Crippen molar-refractivity contribution in [3.05, 3.63) is 29.3 Å². The number of carbonyl (C=O) groups excluding carboxylic acids is 2. The molecule has 0 saturated carbocycles. The van der Waals surface area contributed by atoms with Gasteiger partial charge in [0.1, 0.15) is 0 Å². The molecule has 2 N–H and O–H groups in total. The largest absolute Gasteiger partial charge is 0.352 e. The molecule has 0 fully saturated rings. The van der Waals surface area contributed by atoms with Crippen LogP contribution in [0.15, 0.2) is 18.2 Å². The van der Waals surface area contributed by atoms with Crippen molar-refractivity contribution in [3.8, 4) is 0 Å². The fraction of sp³-hybridized carbons (Fsp3) is 0.200. The number of anilines is 1. The zero-order chi connectivity index (χ0) is 9.97. The lowest BCUT2D eigenvalue weighted by molar-refractivity contribution is -0.121. The topological polar surface area (TPSA) is 58.2 Å². The van der Waals surface area contributed by atoms with E-state index in [9.17, 15) is 9.59 Å². The Morgan fingerprint density at radius 3 is 3.07 bits per heavy atom. The van der Waals surface area contributed by atoms with Gasteiger partial charge in [-0.1, -0.05) is 12.1 Å². The molecule has 14 heavy (non-hydrogen) atoms. The number of fused-ring (bicyclic) bond motifs is 1. The summed E-state index contributed by atoms with van der Waals surface area (Å²) in [5, 5.41) is 5.35. The maximum Gasteiger partial charge on any atom is 0.224 e. The summed E-state index contributed by atoms with van der Waals surface area (Å²) in [7, 11) is 0. The third kappa shape index (κ3) is 1.46. The molecule has 0 spiro atoms. The van der Waals surface area contributed by atoms with Gasteiger partial charge in [0, 0.05) is 12.2 Å². The van der Waals surface area contributed by atoms with Gasteiger partial charge in [0.25, 0.3) is 0 Å². The van der Waals surface area contributed by atoms with Crippen molar-refractivity contribution in [3.63, 3.8) is 0 Å². The highest BCUT2D eigenvalue weighted by molar-refractivity contribution is 5.85. The summed E-state index contributed by atoms with van der Waals surface area (Å²) in [4.78, 5) is 21.5. The molecule has 4 heteroatoms. The van der Waals surface area contributed by atoms with E-state index >= 15 is 0 Å². The summed E-state index contributed by atoms with van der Waals surface area (Å²) >= 11 is 0. The van der Waals surface area contributed by atoms with Crippen LogP contribution in [0.25, 0.3) is 0 Å². The van der Waals surface area contributed by atoms with E-state index in [1.807, 2.05) is 12.1 Å². The minimum absolute atomic E-state index is 0.00218. The first-order valence-electron chi connectivity index (χ1n) is 4.39. The van der Waals surface area contributed by atoms with Crippen LogP contribution in [0.1, 0.15) is 11.1 Å². The van der Waals surface area contributed by atoms with Crippen molar-refractivity contribution in [2.45, 2.75) is 13.0 Å². The molecule has 4 nitrogen and oxygen atoms in total. The van der Waals surface area contributed by atoms with E-state index < -0.39 is 0 Å². The minimum Gasteiger partial charge on any atom is -0.352 e. The van der Waals surface area contributed by atoms with Crippen LogP contribution in [0, 0.1) is 0 Å². The first-order valence-corrected chi connectivity index (χ1v) is 4.39. The van der Waals surface area contributed by atoms with Gasteiger partial charge < -0.3 is 10.6 Å². The normalized spacial score (nSPS) is 14.1. The number of nitrogens with one attached hydrogen (secondary N) is 2. The standard InChI is InChI=1S/C10H10N2O2/c13-6-12-9-3-1-2-7-5-11-10(14)4-8(7)9/h1-3,6H,4-5H2,(H,11,14)(H,12,13). The van der Waals surface area contributed by atoms with Gasteiger partial charge >= 0.3 is 0 Å². The average Bonchev–Trinajstić information content (AvgIpc) is 2.19. The van der Waals surface area contributed by atoms with Crippen LogP contribution in [0.5, 0.6) is 0 Å². The van der Waals surface area contributed by atoms with E-state index in [0.29, 0.717) is 19.4 Å². The van der Waals surface area contributed by atoms with Gasteiger partial charge in [-0.05, 0) is 17.2 Å². The maximum absolute atomic E-state index is 11.2. The van der Waals surface area contributed by atoms with Crippen LogP contribution >= 0.6 is 0 Å². The van der Waals surface area contributed by atoms with E-state index in [0.717, 1.165) is 16.8 Å². The Hall–Kier alpha value is -1.84. The molecule has 1 aromatic rings. The first kappa shape index (κ1) is 8.74. The van der Waals surface area contributed by atoms with Crippen molar-refractivity contribution in [2.75, 3.05) is 5.32 Å². The quantitative estimate of drug-likeness (QED) is 0.664. The number of hydrogen-bond donors (Lipinski definition) is 2. The lowest BCUT2D eigenvalue weighted by Crippen LogP contribution is -2.30. The van der Waals surface area contributed by atoms with Crippen molar-refractivity contribution >= 4 is 18.0 Å². The van der Waals surface area contributed by atoms with Crippen molar-refractivity contribution in [2.24, 2.45) is 0 Å². The molecular weight excluding hydrogens is 180 g/mol. The second kappa shape index (κ2) is 3.49. The predicted molar refractivity (Wildman–Crippen MR) is 51.7 cm³/mol. The summed E-state index contributed by atoms with van der Waals surface area (Å²) < 4.78 is 0. The summed E-state index contributed by atoms with van der Waals surface area (Å²) in [6.45, 7) is 0.544. The monoisotopic (exact) mass is 190 g/mol. The van der Waals surface area contributed by atoms with Crippen molar-refractivity contribution < 1.29 is 9.59 Å². The van der Waals surface area contributed by atoms with Gasteiger partial charge in [0.2, 0.25) is 12.3 Å². The maximum atomic E-state index is 11.2. The molecule has 2 amide bonds. The van der Waals surface area contributed by atoms with E-state index in [-0.39, 0.29) is 5.91 Å². The summed E-state index contributed by atoms with van der Waals surface area (Å²) in [6, 6.07) is 5.61. The second-order valence-electron chi connectivity index (χ2n) is 3.16. The Kier molecular flexibility index (Phi) is 2.18. The average molecular weight is 190 g/mol. The number of benzene rings is 1. The summed E-state index contributed by atoms with van der Waals surface area (Å²) in [5.74, 6) is -0.00218. The van der Waals surface area contributed by atoms with Crippen LogP contribution in [-0.4, -0.2) is 12.3 Å². The summed E-state index contributed by atoms with van der Waals surface area (Å²) in [5.41, 5.74) is 2.71. The molecule has 0 aromatic heterocycles. The minimum atomic E-state index is -0.00218. The molecule has 1 aromatic carbocycles. The highest BCUT2D eigenvalue weighted by Gasteiger charge is 2.17. The zero-order valence-electron chi connectivity index (χ0n) is 7.54. The van der Waals surface area contributed by atoms with Gasteiger partial charge in [0.15, 0.2) is 0 Å². The Bertz CT molecular complexity index is 388. The molecule has 72 valence electrons. The lowest BCUT2D eigenvalue weighted by atomic mass is 9.99.